The number of H-pyrrole nitrogens is 1. The van der Waals surface area contributed by atoms with Crippen molar-refractivity contribution in [1.29, 1.82) is 0 Å². The van der Waals surface area contributed by atoms with E-state index >= 15 is 0 Å². The Morgan fingerprint density at radius 1 is 1.42 bits per heavy atom. The summed E-state index contributed by atoms with van der Waals surface area (Å²) in [6.07, 6.45) is 1.94. The molecule has 2 atom stereocenters. The second kappa shape index (κ2) is 6.64. The van der Waals surface area contributed by atoms with Crippen LogP contribution in [0, 0.1) is 18.6 Å². The molecule has 3 rings (SSSR count). The number of likely N-dealkylation sites (N-methyl/N-ethyl adjacent to an activating group) is 1. The summed E-state index contributed by atoms with van der Waals surface area (Å²) in [4.78, 5) is 18.0. The van der Waals surface area contributed by atoms with Crippen LogP contribution in [0.5, 0.6) is 0 Å². The number of aromatic nitrogens is 3. The summed E-state index contributed by atoms with van der Waals surface area (Å²) in [5, 5.41) is 6.66. The number of carbonyl (C=O) groups is 1. The van der Waals surface area contributed by atoms with E-state index in [0.29, 0.717) is 12.4 Å². The van der Waals surface area contributed by atoms with Crippen LogP contribution in [0.3, 0.4) is 0 Å². The molecule has 2 heterocycles. The number of aromatic amines is 1. The van der Waals surface area contributed by atoms with Crippen LogP contribution >= 0.6 is 0 Å². The molecular weight excluding hydrogens is 318 g/mol. The van der Waals surface area contributed by atoms with Gasteiger partial charge in [-0.05, 0) is 25.0 Å². The molecule has 1 fully saturated rings. The molecule has 1 aromatic heterocycles. The fourth-order valence-corrected chi connectivity index (χ4v) is 2.91. The van der Waals surface area contributed by atoms with Gasteiger partial charge in [-0.1, -0.05) is 0 Å². The van der Waals surface area contributed by atoms with Gasteiger partial charge in [-0.3, -0.25) is 9.89 Å². The van der Waals surface area contributed by atoms with E-state index in [1.807, 2.05) is 0 Å². The molecule has 0 unspecified atom stereocenters. The van der Waals surface area contributed by atoms with Crippen LogP contribution in [0.2, 0.25) is 0 Å². The van der Waals surface area contributed by atoms with Gasteiger partial charge < -0.3 is 9.64 Å². The molecule has 128 valence electrons. The lowest BCUT2D eigenvalue weighted by Gasteiger charge is -2.24. The van der Waals surface area contributed by atoms with Crippen molar-refractivity contribution < 1.29 is 18.3 Å². The van der Waals surface area contributed by atoms with E-state index in [4.69, 9.17) is 4.74 Å². The first kappa shape index (κ1) is 16.5. The molecule has 8 heteroatoms. The van der Waals surface area contributed by atoms with E-state index in [1.165, 1.54) is 24.2 Å². The lowest BCUT2D eigenvalue weighted by atomic mass is 10.00. The summed E-state index contributed by atoms with van der Waals surface area (Å²) < 4.78 is 33.0. The number of ether oxygens (including phenoxy) is 1. The van der Waals surface area contributed by atoms with Gasteiger partial charge in [0.25, 0.3) is 5.91 Å². The lowest BCUT2D eigenvalue weighted by Crippen LogP contribution is -2.37. The molecule has 0 aliphatic carbocycles. The molecule has 1 N–H and O–H groups in total. The lowest BCUT2D eigenvalue weighted by molar-refractivity contribution is 0.0547. The van der Waals surface area contributed by atoms with Crippen molar-refractivity contribution in [2.45, 2.75) is 25.4 Å². The minimum Gasteiger partial charge on any atom is -0.376 e. The van der Waals surface area contributed by atoms with Crippen molar-refractivity contribution in [2.24, 2.45) is 0 Å². The Morgan fingerprint density at radius 3 is 2.92 bits per heavy atom. The van der Waals surface area contributed by atoms with Gasteiger partial charge in [0.2, 0.25) is 0 Å². The number of nitrogens with zero attached hydrogens (tertiary/aromatic N) is 3. The largest absolute Gasteiger partial charge is 0.376 e. The normalized spacial score (nSPS) is 20.3. The number of amides is 1. The number of hydrogen-bond acceptors (Lipinski definition) is 4. The number of carbonyl (C=O) groups excluding carboxylic acids is 1. The molecule has 0 saturated carbocycles. The maximum Gasteiger partial charge on any atom is 0.256 e. The molecule has 0 bridgehead atoms. The van der Waals surface area contributed by atoms with Gasteiger partial charge in [-0.2, -0.15) is 5.10 Å². The highest BCUT2D eigenvalue weighted by Crippen LogP contribution is 2.29. The third-order valence-corrected chi connectivity index (χ3v) is 4.27. The minimum absolute atomic E-state index is 0.00236. The van der Waals surface area contributed by atoms with Crippen LogP contribution in [-0.2, 0) is 4.74 Å². The second-order valence-corrected chi connectivity index (χ2v) is 5.94. The van der Waals surface area contributed by atoms with Crippen molar-refractivity contribution in [1.82, 2.24) is 20.1 Å². The Bertz CT molecular complexity index is 736. The first-order valence-corrected chi connectivity index (χ1v) is 7.65. The average Bonchev–Trinajstić information content (AvgIpc) is 3.21. The number of rotatable bonds is 4. The Kier molecular flexibility index (Phi) is 4.57. The van der Waals surface area contributed by atoms with E-state index in [-0.39, 0.29) is 29.7 Å². The topological polar surface area (TPSA) is 71.1 Å². The van der Waals surface area contributed by atoms with Crippen LogP contribution < -0.4 is 0 Å². The summed E-state index contributed by atoms with van der Waals surface area (Å²) in [7, 11) is 1.57. The van der Waals surface area contributed by atoms with Gasteiger partial charge in [-0.15, -0.1) is 0 Å². The van der Waals surface area contributed by atoms with Crippen LogP contribution in [0.15, 0.2) is 18.5 Å². The number of aryl methyl sites for hydroxylation is 1. The monoisotopic (exact) mass is 336 g/mol. The smallest absolute Gasteiger partial charge is 0.256 e. The molecule has 0 radical (unpaired) electrons. The summed E-state index contributed by atoms with van der Waals surface area (Å²) in [6.45, 7) is 2.33. The first-order valence-electron chi connectivity index (χ1n) is 7.65. The summed E-state index contributed by atoms with van der Waals surface area (Å²) in [6, 6.07) is 1.97. The Balaban J connectivity index is 1.73. The Morgan fingerprint density at radius 2 is 2.21 bits per heavy atom. The molecule has 6 nitrogen and oxygen atoms in total. The quantitative estimate of drug-likeness (QED) is 0.927. The summed E-state index contributed by atoms with van der Waals surface area (Å²) >= 11 is 0. The van der Waals surface area contributed by atoms with Gasteiger partial charge in [0.05, 0.1) is 11.7 Å². The molecule has 1 saturated heterocycles. The minimum atomic E-state index is -0.867. The van der Waals surface area contributed by atoms with Gasteiger partial charge >= 0.3 is 0 Å². The van der Waals surface area contributed by atoms with E-state index < -0.39 is 17.5 Å². The highest BCUT2D eigenvalue weighted by molar-refractivity contribution is 5.94. The maximum atomic E-state index is 13.9. The van der Waals surface area contributed by atoms with Gasteiger partial charge in [0.15, 0.2) is 0 Å². The van der Waals surface area contributed by atoms with E-state index in [1.54, 1.807) is 7.05 Å². The van der Waals surface area contributed by atoms with Crippen LogP contribution in [0.1, 0.15) is 34.1 Å². The zero-order valence-electron chi connectivity index (χ0n) is 13.4. The number of halogens is 2. The van der Waals surface area contributed by atoms with Crippen LogP contribution in [0.25, 0.3) is 0 Å². The maximum absolute atomic E-state index is 13.9. The zero-order chi connectivity index (χ0) is 17.3. The van der Waals surface area contributed by atoms with Crippen molar-refractivity contribution >= 4 is 5.91 Å². The van der Waals surface area contributed by atoms with Gasteiger partial charge in [0, 0.05) is 32.2 Å². The second-order valence-electron chi connectivity index (χ2n) is 5.94. The van der Waals surface area contributed by atoms with Crippen molar-refractivity contribution in [2.75, 3.05) is 20.2 Å². The van der Waals surface area contributed by atoms with E-state index in [9.17, 15) is 13.6 Å². The third-order valence-electron chi connectivity index (χ3n) is 4.27. The number of hydrogen-bond donors (Lipinski definition) is 1. The van der Waals surface area contributed by atoms with Crippen molar-refractivity contribution in [3.05, 3.63) is 47.0 Å². The number of benzene rings is 1. The first-order chi connectivity index (χ1) is 11.5. The van der Waals surface area contributed by atoms with E-state index in [0.717, 1.165) is 12.5 Å². The van der Waals surface area contributed by atoms with E-state index in [2.05, 4.69) is 15.2 Å². The molecule has 1 aliphatic heterocycles. The fraction of sp³-hybridized carbons (Fsp3) is 0.438. The molecule has 1 amide bonds. The predicted octanol–water partition coefficient (Wildman–Crippen LogP) is 2.04. The SMILES string of the molecule is Cc1cc(C(=O)N(C)C[C@H]2OCC[C@H]2c2ncn[nH]2)c(F)cc1F. The standard InChI is InChI=1S/C16H18F2N4O2/c1-9-5-11(13(18)6-12(9)17)16(23)22(2)7-14-10(3-4-24-14)15-19-8-20-21-15/h5-6,8,10,14H,3-4,7H2,1-2H3,(H,19,20,21)/t10-,14-/m1/s1. The van der Waals surface area contributed by atoms with Crippen molar-refractivity contribution in [3.8, 4) is 0 Å². The van der Waals surface area contributed by atoms with Crippen molar-refractivity contribution in [3.63, 3.8) is 0 Å². The highest BCUT2D eigenvalue weighted by atomic mass is 19.1. The fourth-order valence-electron chi connectivity index (χ4n) is 2.91. The van der Waals surface area contributed by atoms with Crippen LogP contribution in [0.4, 0.5) is 8.78 Å². The third kappa shape index (κ3) is 3.14. The Labute approximate surface area is 137 Å². The predicted molar refractivity (Wildman–Crippen MR) is 81.5 cm³/mol. The van der Waals surface area contributed by atoms with Crippen LogP contribution in [-0.4, -0.2) is 52.3 Å². The summed E-state index contributed by atoms with van der Waals surface area (Å²) in [5.41, 5.74) is 0.0791. The van der Waals surface area contributed by atoms with Gasteiger partial charge in [0.1, 0.15) is 23.8 Å². The molecular formula is C16H18F2N4O2. The molecule has 0 spiro atoms. The Hall–Kier alpha value is -2.35. The zero-order valence-corrected chi connectivity index (χ0v) is 13.4. The average molecular weight is 336 g/mol. The highest BCUT2D eigenvalue weighted by Gasteiger charge is 2.33. The molecule has 1 aliphatic rings. The molecule has 24 heavy (non-hydrogen) atoms. The molecule has 2 aromatic rings. The van der Waals surface area contributed by atoms with Gasteiger partial charge in [-0.25, -0.2) is 13.8 Å². The molecule has 1 aromatic carbocycles. The summed E-state index contributed by atoms with van der Waals surface area (Å²) in [5.74, 6) is -1.34. The number of nitrogens with one attached hydrogen (secondary N) is 1.